The van der Waals surface area contributed by atoms with Crippen LogP contribution in [-0.2, 0) is 0 Å². The minimum atomic E-state index is -4.47. The highest BCUT2D eigenvalue weighted by molar-refractivity contribution is 9.09. The molecule has 7 heteroatoms. The molecule has 1 rings (SSSR count). The van der Waals surface area contributed by atoms with Gasteiger partial charge in [-0.05, 0) is 19.3 Å². The van der Waals surface area contributed by atoms with Crippen molar-refractivity contribution in [3.8, 4) is 0 Å². The van der Waals surface area contributed by atoms with Crippen molar-refractivity contribution in [2.45, 2.75) is 30.0 Å². The van der Waals surface area contributed by atoms with Crippen LogP contribution in [0.25, 0.3) is 0 Å². The lowest BCUT2D eigenvalue weighted by molar-refractivity contribution is -0.199. The van der Waals surface area contributed by atoms with Crippen LogP contribution in [0.2, 0.25) is 0 Å². The summed E-state index contributed by atoms with van der Waals surface area (Å²) in [6.07, 6.45) is -9.26. The van der Waals surface area contributed by atoms with Crippen LogP contribution in [0.15, 0.2) is 0 Å². The minimum absolute atomic E-state index is 0.524. The summed E-state index contributed by atoms with van der Waals surface area (Å²) in [6, 6.07) is 0. The van der Waals surface area contributed by atoms with Gasteiger partial charge in [0.25, 0.3) is 0 Å². The van der Waals surface area contributed by atoms with E-state index in [0.29, 0.717) is 6.42 Å². The van der Waals surface area contributed by atoms with Crippen LogP contribution in [0.4, 0.5) is 26.3 Å². The Kier molecular flexibility index (Phi) is 3.63. The summed E-state index contributed by atoms with van der Waals surface area (Å²) in [6.45, 7) is 0. The lowest BCUT2D eigenvalue weighted by Gasteiger charge is -2.34. The molecule has 0 nitrogen and oxygen atoms in total. The first-order chi connectivity index (χ1) is 6.62. The Hall–Kier alpha value is 0.0600. The van der Waals surface area contributed by atoms with Crippen molar-refractivity contribution in [3.63, 3.8) is 0 Å². The Morgan fingerprint density at radius 1 is 1.00 bits per heavy atom. The molecule has 1 saturated carbocycles. The molecule has 0 aliphatic heterocycles. The smallest absolute Gasteiger partial charge is 0.171 e. The van der Waals surface area contributed by atoms with E-state index in [2.05, 4.69) is 15.9 Å². The highest BCUT2D eigenvalue weighted by Gasteiger charge is 2.51. The van der Waals surface area contributed by atoms with Gasteiger partial charge >= 0.3 is 12.4 Å². The fourth-order valence-electron chi connectivity index (χ4n) is 1.58. The summed E-state index contributed by atoms with van der Waals surface area (Å²) in [7, 11) is 0. The Morgan fingerprint density at radius 2 is 1.53 bits per heavy atom. The van der Waals surface area contributed by atoms with E-state index in [4.69, 9.17) is 0 Å². The zero-order chi connectivity index (χ0) is 11.9. The average Bonchev–Trinajstić information content (AvgIpc) is 1.99. The Balaban J connectivity index is 2.64. The normalized spacial score (nSPS) is 34.2. The lowest BCUT2D eigenvalue weighted by atomic mass is 9.81. The monoisotopic (exact) mass is 297 g/mol. The Bertz CT molecular complexity index is 220. The molecule has 1 radical (unpaired) electrons. The number of hydrogen-bond acceptors (Lipinski definition) is 0. The zero-order valence-corrected chi connectivity index (χ0v) is 8.96. The highest BCUT2D eigenvalue weighted by Crippen LogP contribution is 2.46. The molecule has 0 amide bonds. The van der Waals surface area contributed by atoms with Crippen LogP contribution in [0.1, 0.15) is 12.8 Å². The maximum Gasteiger partial charge on any atom is 0.393 e. The minimum Gasteiger partial charge on any atom is -0.171 e. The van der Waals surface area contributed by atoms with Gasteiger partial charge in [0.1, 0.15) is 0 Å². The number of halogens is 7. The maximum atomic E-state index is 12.3. The third-order valence-electron chi connectivity index (χ3n) is 2.41. The van der Waals surface area contributed by atoms with Crippen LogP contribution in [-0.4, -0.2) is 17.2 Å². The quantitative estimate of drug-likeness (QED) is 0.466. The van der Waals surface area contributed by atoms with Crippen molar-refractivity contribution in [2.24, 2.45) is 11.8 Å². The molecule has 0 aromatic rings. The van der Waals surface area contributed by atoms with E-state index in [1.165, 1.54) is 0 Å². The van der Waals surface area contributed by atoms with Gasteiger partial charge < -0.3 is 0 Å². The summed E-state index contributed by atoms with van der Waals surface area (Å²) < 4.78 is 73.5. The SMILES string of the molecule is FC(F)(F)C1C[CH]C(C(F)(F)F)C(Br)C1. The molecule has 15 heavy (non-hydrogen) atoms. The first-order valence-corrected chi connectivity index (χ1v) is 5.14. The summed E-state index contributed by atoms with van der Waals surface area (Å²) >= 11 is 2.67. The van der Waals surface area contributed by atoms with Crippen LogP contribution in [0.5, 0.6) is 0 Å². The molecule has 1 fully saturated rings. The molecule has 0 aromatic heterocycles. The molecule has 0 aromatic carbocycles. The Morgan fingerprint density at radius 3 is 1.87 bits per heavy atom. The predicted molar refractivity (Wildman–Crippen MR) is 45.3 cm³/mol. The van der Waals surface area contributed by atoms with E-state index in [-0.39, 0.29) is 0 Å². The molecule has 89 valence electrons. The second-order valence-electron chi connectivity index (χ2n) is 3.53. The highest BCUT2D eigenvalue weighted by atomic mass is 79.9. The molecule has 0 N–H and O–H groups in total. The van der Waals surface area contributed by atoms with E-state index in [1.807, 2.05) is 0 Å². The van der Waals surface area contributed by atoms with Crippen LogP contribution in [0.3, 0.4) is 0 Å². The molecule has 0 saturated heterocycles. The third-order valence-corrected chi connectivity index (χ3v) is 3.36. The van der Waals surface area contributed by atoms with Crippen molar-refractivity contribution in [2.75, 3.05) is 0 Å². The van der Waals surface area contributed by atoms with Crippen molar-refractivity contribution >= 4 is 15.9 Å². The van der Waals surface area contributed by atoms with E-state index < -0.39 is 41.9 Å². The van der Waals surface area contributed by atoms with E-state index in [1.54, 1.807) is 0 Å². The lowest BCUT2D eigenvalue weighted by Crippen LogP contribution is -2.40. The molecule has 0 heterocycles. The summed E-state index contributed by atoms with van der Waals surface area (Å²) in [5, 5.41) is 0. The van der Waals surface area contributed by atoms with Crippen molar-refractivity contribution in [1.82, 2.24) is 0 Å². The standard InChI is InChI=1S/C8H8BrF6/c9-6-3-4(7(10,11)12)1-2-5(6)8(13,14)15/h2,4-6H,1,3H2. The molecule has 1 aliphatic rings. The maximum absolute atomic E-state index is 12.3. The molecule has 0 spiro atoms. The summed E-state index contributed by atoms with van der Waals surface area (Å²) in [5.74, 6) is -3.45. The first kappa shape index (κ1) is 13.1. The largest absolute Gasteiger partial charge is 0.393 e. The number of hydrogen-bond donors (Lipinski definition) is 0. The van der Waals surface area contributed by atoms with Gasteiger partial charge in [0.15, 0.2) is 0 Å². The van der Waals surface area contributed by atoms with Crippen molar-refractivity contribution in [3.05, 3.63) is 6.42 Å². The van der Waals surface area contributed by atoms with Gasteiger partial charge in [-0.2, -0.15) is 26.3 Å². The van der Waals surface area contributed by atoms with Gasteiger partial charge in [-0.25, -0.2) is 0 Å². The zero-order valence-electron chi connectivity index (χ0n) is 7.37. The van der Waals surface area contributed by atoms with Gasteiger partial charge in [-0.3, -0.25) is 0 Å². The van der Waals surface area contributed by atoms with Crippen molar-refractivity contribution in [1.29, 1.82) is 0 Å². The molecule has 3 unspecified atom stereocenters. The fraction of sp³-hybridized carbons (Fsp3) is 0.875. The van der Waals surface area contributed by atoms with Gasteiger partial charge in [0, 0.05) is 4.83 Å². The van der Waals surface area contributed by atoms with Crippen molar-refractivity contribution < 1.29 is 26.3 Å². The predicted octanol–water partition coefficient (Wildman–Crippen LogP) is 4.10. The van der Waals surface area contributed by atoms with E-state index >= 15 is 0 Å². The van der Waals surface area contributed by atoms with E-state index in [0.717, 1.165) is 0 Å². The van der Waals surface area contributed by atoms with Gasteiger partial charge in [-0.15, -0.1) is 0 Å². The molecule has 3 atom stereocenters. The average molecular weight is 298 g/mol. The Labute approximate surface area is 91.1 Å². The molecular formula is C8H8BrF6. The van der Waals surface area contributed by atoms with Gasteiger partial charge in [0.05, 0.1) is 11.8 Å². The molecule has 0 bridgehead atoms. The second-order valence-corrected chi connectivity index (χ2v) is 4.71. The summed E-state index contributed by atoms with van der Waals surface area (Å²) in [4.78, 5) is -1.18. The topological polar surface area (TPSA) is 0 Å². The van der Waals surface area contributed by atoms with Crippen LogP contribution < -0.4 is 0 Å². The first-order valence-electron chi connectivity index (χ1n) is 4.23. The van der Waals surface area contributed by atoms with Crippen LogP contribution >= 0.6 is 15.9 Å². The summed E-state index contributed by atoms with van der Waals surface area (Å²) in [5.41, 5.74) is 0. The van der Waals surface area contributed by atoms with Gasteiger partial charge in [-0.1, -0.05) is 15.9 Å². The third kappa shape index (κ3) is 3.26. The molecular weight excluding hydrogens is 290 g/mol. The van der Waals surface area contributed by atoms with Gasteiger partial charge in [0.2, 0.25) is 0 Å². The number of alkyl halides is 7. The van der Waals surface area contributed by atoms with Crippen LogP contribution in [0, 0.1) is 18.3 Å². The fourth-order valence-corrected chi connectivity index (χ4v) is 2.55. The number of rotatable bonds is 0. The van der Waals surface area contributed by atoms with E-state index in [9.17, 15) is 26.3 Å². The molecule has 1 aliphatic carbocycles. The second kappa shape index (κ2) is 4.14.